The van der Waals surface area contributed by atoms with Gasteiger partial charge in [-0.15, -0.1) is 22.7 Å². The fraction of sp³-hybridized carbons (Fsp3) is 0.257. The van der Waals surface area contributed by atoms with Crippen molar-refractivity contribution < 1.29 is 0 Å². The maximum Gasteiger partial charge on any atom is 0.119 e. The van der Waals surface area contributed by atoms with Crippen molar-refractivity contribution in [2.45, 2.75) is 117 Å². The van der Waals surface area contributed by atoms with Crippen molar-refractivity contribution in [2.24, 2.45) is 0 Å². The summed E-state index contributed by atoms with van der Waals surface area (Å²) >= 11 is 3.72. The second-order valence-electron chi connectivity index (χ2n) is 21.2. The van der Waals surface area contributed by atoms with Gasteiger partial charge in [0.15, 0.2) is 0 Å². The number of unbranched alkanes of at least 4 members (excludes halogenated alkanes) is 10. The van der Waals surface area contributed by atoms with Crippen LogP contribution in [0.15, 0.2) is 182 Å². The molecule has 7 aromatic carbocycles. The fourth-order valence-electron chi connectivity index (χ4n) is 11.9. The number of hydrogen-bond acceptors (Lipinski definition) is 4. The number of aryl methyl sites for hydroxylation is 2. The van der Waals surface area contributed by atoms with Crippen molar-refractivity contribution in [1.82, 2.24) is 9.97 Å². The second kappa shape index (κ2) is 23.2. The van der Waals surface area contributed by atoms with Crippen molar-refractivity contribution in [2.75, 3.05) is 0 Å². The average Bonchev–Trinajstić information content (AvgIpc) is 4.25. The van der Waals surface area contributed by atoms with E-state index in [4.69, 9.17) is 9.97 Å². The Morgan fingerprint density at radius 1 is 0.347 bits per heavy atom. The Morgan fingerprint density at radius 3 is 1.28 bits per heavy atom. The van der Waals surface area contributed by atoms with E-state index in [1.54, 1.807) is 10.4 Å². The minimum Gasteiger partial charge on any atom is -0.243 e. The van der Waals surface area contributed by atoms with Crippen LogP contribution in [0.2, 0.25) is 12.1 Å². The van der Waals surface area contributed by atoms with E-state index in [0.717, 1.165) is 44.7 Å². The van der Waals surface area contributed by atoms with Crippen LogP contribution in [-0.4, -0.2) is 18.0 Å². The van der Waals surface area contributed by atoms with Crippen LogP contribution in [-0.2, 0) is 0 Å². The molecule has 4 heterocycles. The van der Waals surface area contributed by atoms with Crippen molar-refractivity contribution in [3.8, 4) is 87.2 Å². The lowest BCUT2D eigenvalue weighted by atomic mass is 9.97. The smallest absolute Gasteiger partial charge is 0.119 e. The molecule has 75 heavy (non-hydrogen) atoms. The first kappa shape index (κ1) is 50.6. The Bertz CT molecular complexity index is 3520. The highest BCUT2D eigenvalue weighted by atomic mass is 32.1. The maximum absolute atomic E-state index is 5.81. The summed E-state index contributed by atoms with van der Waals surface area (Å²) in [4.78, 5) is 16.6. The molecule has 0 bridgehead atoms. The van der Waals surface area contributed by atoms with E-state index in [-0.39, 0.29) is 0 Å². The molecule has 0 aliphatic carbocycles. The van der Waals surface area contributed by atoms with Crippen LogP contribution in [0.25, 0.3) is 98.3 Å². The summed E-state index contributed by atoms with van der Waals surface area (Å²) in [6, 6.07) is 70.6. The zero-order valence-corrected chi connectivity index (χ0v) is 47.1. The molecule has 0 N–H and O–H groups in total. The molecule has 0 unspecified atom stereocenters. The minimum atomic E-state index is -2.06. The van der Waals surface area contributed by atoms with Crippen LogP contribution in [0.1, 0.15) is 101 Å². The van der Waals surface area contributed by atoms with Gasteiger partial charge in [0.1, 0.15) is 8.07 Å². The van der Waals surface area contributed by atoms with Gasteiger partial charge in [0.2, 0.25) is 0 Å². The van der Waals surface area contributed by atoms with E-state index in [1.807, 2.05) is 22.7 Å². The van der Waals surface area contributed by atoms with Gasteiger partial charge < -0.3 is 0 Å². The van der Waals surface area contributed by atoms with E-state index in [9.17, 15) is 0 Å². The Hall–Kier alpha value is -6.50. The molecule has 5 heteroatoms. The lowest BCUT2D eigenvalue weighted by molar-refractivity contribution is 0.616. The summed E-state index contributed by atoms with van der Waals surface area (Å²) in [7, 11) is -2.06. The Morgan fingerprint density at radius 2 is 0.760 bits per heavy atom. The van der Waals surface area contributed by atoms with Gasteiger partial charge in [-0.3, -0.25) is 0 Å². The summed E-state index contributed by atoms with van der Waals surface area (Å²) in [5, 5.41) is 3.41. The Balaban J connectivity index is 1.02. The van der Waals surface area contributed by atoms with Crippen LogP contribution in [0.3, 0.4) is 0 Å². The first-order valence-corrected chi connectivity index (χ1v) is 32.1. The molecule has 0 saturated heterocycles. The van der Waals surface area contributed by atoms with Crippen LogP contribution in [0, 0.1) is 13.8 Å². The predicted octanol–water partition coefficient (Wildman–Crippen LogP) is 20.3. The number of aromatic nitrogens is 2. The van der Waals surface area contributed by atoms with Gasteiger partial charge in [-0.1, -0.05) is 254 Å². The summed E-state index contributed by atoms with van der Waals surface area (Å²) in [6.07, 6.45) is 16.1. The first-order valence-electron chi connectivity index (χ1n) is 28.0. The molecule has 0 spiro atoms. The molecule has 0 radical (unpaired) electrons. The molecule has 10 aromatic rings. The van der Waals surface area contributed by atoms with E-state index in [0.29, 0.717) is 0 Å². The summed E-state index contributed by atoms with van der Waals surface area (Å²) < 4.78 is 0. The van der Waals surface area contributed by atoms with Crippen LogP contribution in [0.4, 0.5) is 0 Å². The number of benzene rings is 7. The summed E-state index contributed by atoms with van der Waals surface area (Å²) in [6.45, 7) is 9.16. The third kappa shape index (κ3) is 10.7. The minimum absolute atomic E-state index is 0.886. The van der Waals surface area contributed by atoms with E-state index >= 15 is 0 Å². The van der Waals surface area contributed by atoms with Crippen molar-refractivity contribution in [1.29, 1.82) is 0 Å². The van der Waals surface area contributed by atoms with Crippen molar-refractivity contribution in [3.63, 3.8) is 0 Å². The lowest BCUT2D eigenvalue weighted by Crippen LogP contribution is -2.55. The SMILES string of the molecule is CCCCCCCC[Si]1(CCCCCCCC)c2cc(C)ccc2-c2ccc(-c3ccc(-c4ccc(-c5ccc(C)s5)c5nc(-c6ccc(-c7ccccc7)cc6)c(-c6ccc(-c7ccccc7)cc6)nc45)s3)cc21. The van der Waals surface area contributed by atoms with Gasteiger partial charge in [-0.05, 0) is 99.5 Å². The van der Waals surface area contributed by atoms with Gasteiger partial charge in [-0.25, -0.2) is 9.97 Å². The lowest BCUT2D eigenvalue weighted by Gasteiger charge is -2.31. The normalized spacial score (nSPS) is 12.6. The van der Waals surface area contributed by atoms with Gasteiger partial charge in [0.25, 0.3) is 0 Å². The average molecular weight is 1030 g/mol. The zero-order valence-electron chi connectivity index (χ0n) is 44.4. The second-order valence-corrected chi connectivity index (χ2v) is 27.8. The zero-order chi connectivity index (χ0) is 51.1. The van der Waals surface area contributed by atoms with Crippen LogP contribution >= 0.6 is 22.7 Å². The number of fused-ring (bicyclic) bond motifs is 4. The van der Waals surface area contributed by atoms with Crippen molar-refractivity contribution in [3.05, 3.63) is 192 Å². The molecule has 1 aliphatic heterocycles. The third-order valence-electron chi connectivity index (χ3n) is 15.9. The van der Waals surface area contributed by atoms with Crippen LogP contribution in [0.5, 0.6) is 0 Å². The summed E-state index contributed by atoms with van der Waals surface area (Å²) in [5.41, 5.74) is 18.5. The number of rotatable bonds is 21. The molecule has 0 fully saturated rings. The maximum atomic E-state index is 5.81. The van der Waals surface area contributed by atoms with Crippen molar-refractivity contribution >= 4 is 52.2 Å². The molecule has 0 atom stereocenters. The molecule has 0 saturated carbocycles. The molecule has 11 rings (SSSR count). The molecule has 0 amide bonds. The number of hydrogen-bond donors (Lipinski definition) is 0. The fourth-order valence-corrected chi connectivity index (χ4v) is 19.5. The van der Waals surface area contributed by atoms with Gasteiger partial charge in [0, 0.05) is 41.8 Å². The highest BCUT2D eigenvalue weighted by molar-refractivity contribution is 7.19. The topological polar surface area (TPSA) is 25.8 Å². The van der Waals surface area contributed by atoms with E-state index in [1.165, 1.54) is 153 Å². The van der Waals surface area contributed by atoms with Gasteiger partial charge >= 0.3 is 0 Å². The summed E-state index contributed by atoms with van der Waals surface area (Å²) in [5.74, 6) is 0. The van der Waals surface area contributed by atoms with Gasteiger partial charge in [-0.2, -0.15) is 0 Å². The standard InChI is InChI=1S/C70H70N2S2Si/c1-5-7-9-11-13-21-45-75(46-22-14-12-10-8-6-2)65-47-49(3)27-38-58(65)59-39-37-57(48-66(59)75)62-43-44-64(74-62)61-41-40-60(63-42-28-50(4)73-63)69-70(61)72-68(56-35-31-54(32-36-56)52-25-19-16-20-26-52)67(71-69)55-33-29-53(30-34-55)51-23-17-15-18-24-51/h15-20,23-44,47-48H,5-14,21-22,45-46H2,1-4H3. The molecular weight excluding hydrogens is 961 g/mol. The van der Waals surface area contributed by atoms with Crippen LogP contribution < -0.4 is 10.4 Å². The molecular formula is C70H70N2S2Si. The first-order chi connectivity index (χ1) is 36.9. The molecule has 2 nitrogen and oxygen atoms in total. The number of thiophene rings is 2. The monoisotopic (exact) mass is 1030 g/mol. The third-order valence-corrected chi connectivity index (χ3v) is 23.5. The largest absolute Gasteiger partial charge is 0.243 e. The van der Waals surface area contributed by atoms with Gasteiger partial charge in [0.05, 0.1) is 22.4 Å². The van der Waals surface area contributed by atoms with E-state index in [2.05, 4.69) is 210 Å². The molecule has 376 valence electrons. The molecule has 1 aliphatic rings. The Kier molecular flexibility index (Phi) is 15.6. The van der Waals surface area contributed by atoms with E-state index < -0.39 is 8.07 Å². The highest BCUT2D eigenvalue weighted by Crippen LogP contribution is 2.45. The quantitative estimate of drug-likeness (QED) is 0.0529. The Labute approximate surface area is 455 Å². The number of nitrogens with zero attached hydrogens (tertiary/aromatic N) is 2. The highest BCUT2D eigenvalue weighted by Gasteiger charge is 2.44. The molecule has 3 aromatic heterocycles. The predicted molar refractivity (Wildman–Crippen MR) is 330 cm³/mol.